The highest BCUT2D eigenvalue weighted by molar-refractivity contribution is 9.10. The van der Waals surface area contributed by atoms with Crippen molar-refractivity contribution in [1.29, 1.82) is 0 Å². The van der Waals surface area contributed by atoms with Gasteiger partial charge in [-0.2, -0.15) is 0 Å². The molecule has 0 spiro atoms. The molecule has 0 radical (unpaired) electrons. The molecule has 0 aliphatic heterocycles. The Kier molecular flexibility index (Phi) is 4.07. The Morgan fingerprint density at radius 3 is 2.41 bits per heavy atom. The molecule has 1 aromatic heterocycles. The lowest BCUT2D eigenvalue weighted by molar-refractivity contribution is 0.104. The van der Waals surface area contributed by atoms with Gasteiger partial charge in [-0.25, -0.2) is 0 Å². The standard InChI is InChI=1S/C13H11BrOS2/c1-8-11(14)7-12(17-8)13(15)9-3-5-10(16-2)6-4-9/h3-7H,1-2H3. The second-order valence-corrected chi connectivity index (χ2v) is 6.56. The van der Waals surface area contributed by atoms with E-state index >= 15 is 0 Å². The predicted octanol–water partition coefficient (Wildman–Crippen LogP) is 4.77. The Labute approximate surface area is 117 Å². The molecule has 0 saturated carbocycles. The molecule has 0 unspecified atom stereocenters. The highest BCUT2D eigenvalue weighted by atomic mass is 79.9. The minimum atomic E-state index is 0.0939. The van der Waals surface area contributed by atoms with Crippen molar-refractivity contribution in [2.45, 2.75) is 11.8 Å². The van der Waals surface area contributed by atoms with Crippen molar-refractivity contribution in [1.82, 2.24) is 0 Å². The van der Waals surface area contributed by atoms with Gasteiger partial charge >= 0.3 is 0 Å². The molecule has 0 aliphatic carbocycles. The number of hydrogen-bond donors (Lipinski definition) is 0. The van der Waals surface area contributed by atoms with Crippen LogP contribution in [0.3, 0.4) is 0 Å². The van der Waals surface area contributed by atoms with Crippen LogP contribution in [-0.4, -0.2) is 12.0 Å². The molecule has 0 bridgehead atoms. The van der Waals surface area contributed by atoms with Crippen molar-refractivity contribution in [2.24, 2.45) is 0 Å². The fraction of sp³-hybridized carbons (Fsp3) is 0.154. The summed E-state index contributed by atoms with van der Waals surface area (Å²) in [4.78, 5) is 15.3. The van der Waals surface area contributed by atoms with Gasteiger partial charge in [0.05, 0.1) is 4.88 Å². The van der Waals surface area contributed by atoms with Crippen LogP contribution in [0.4, 0.5) is 0 Å². The number of thiophene rings is 1. The van der Waals surface area contributed by atoms with E-state index < -0.39 is 0 Å². The van der Waals surface area contributed by atoms with Crippen molar-refractivity contribution >= 4 is 44.8 Å². The SMILES string of the molecule is CSc1ccc(C(=O)c2cc(Br)c(C)s2)cc1. The van der Waals surface area contributed by atoms with E-state index in [0.717, 1.165) is 19.8 Å². The Hall–Kier alpha value is -0.580. The first-order valence-electron chi connectivity index (χ1n) is 5.06. The van der Waals surface area contributed by atoms with Crippen LogP contribution in [0.1, 0.15) is 20.1 Å². The molecular formula is C13H11BrOS2. The zero-order chi connectivity index (χ0) is 12.4. The third-order valence-electron chi connectivity index (χ3n) is 2.43. The van der Waals surface area contributed by atoms with E-state index in [2.05, 4.69) is 15.9 Å². The molecule has 4 heteroatoms. The van der Waals surface area contributed by atoms with Crippen LogP contribution in [0.15, 0.2) is 39.7 Å². The first-order chi connectivity index (χ1) is 8.11. The van der Waals surface area contributed by atoms with E-state index in [1.807, 2.05) is 43.5 Å². The normalized spacial score (nSPS) is 10.5. The van der Waals surface area contributed by atoms with Crippen LogP contribution in [0, 0.1) is 6.92 Å². The third kappa shape index (κ3) is 2.81. The molecule has 1 aromatic carbocycles. The average Bonchev–Trinajstić information content (AvgIpc) is 2.69. The van der Waals surface area contributed by atoms with E-state index in [4.69, 9.17) is 0 Å². The van der Waals surface area contributed by atoms with Gasteiger partial charge in [-0.05, 0) is 59.4 Å². The Morgan fingerprint density at radius 1 is 1.29 bits per heavy atom. The number of carbonyl (C=O) groups is 1. The average molecular weight is 327 g/mol. The maximum Gasteiger partial charge on any atom is 0.202 e. The number of rotatable bonds is 3. The molecule has 2 aromatic rings. The van der Waals surface area contributed by atoms with Crippen molar-refractivity contribution < 1.29 is 4.79 Å². The zero-order valence-corrected chi connectivity index (χ0v) is 12.7. The monoisotopic (exact) mass is 326 g/mol. The molecular weight excluding hydrogens is 316 g/mol. The van der Waals surface area contributed by atoms with Crippen LogP contribution in [0.2, 0.25) is 0 Å². The molecule has 0 atom stereocenters. The summed E-state index contributed by atoms with van der Waals surface area (Å²) in [5.74, 6) is 0.0939. The Bertz CT molecular complexity index is 524. The summed E-state index contributed by atoms with van der Waals surface area (Å²) in [5.41, 5.74) is 0.747. The van der Waals surface area contributed by atoms with Gasteiger partial charge in [-0.15, -0.1) is 23.1 Å². The maximum atomic E-state index is 12.2. The van der Waals surface area contributed by atoms with Gasteiger partial charge in [0.15, 0.2) is 0 Å². The predicted molar refractivity (Wildman–Crippen MR) is 78.4 cm³/mol. The molecule has 0 amide bonds. The Morgan fingerprint density at radius 2 is 1.94 bits per heavy atom. The number of halogens is 1. The second kappa shape index (κ2) is 5.38. The highest BCUT2D eigenvalue weighted by Gasteiger charge is 2.13. The fourth-order valence-electron chi connectivity index (χ4n) is 1.46. The summed E-state index contributed by atoms with van der Waals surface area (Å²) in [6, 6.07) is 9.62. The van der Waals surface area contributed by atoms with Gasteiger partial charge in [0.2, 0.25) is 5.78 Å². The van der Waals surface area contributed by atoms with Gasteiger partial charge < -0.3 is 0 Å². The van der Waals surface area contributed by atoms with E-state index in [1.165, 1.54) is 16.2 Å². The van der Waals surface area contributed by atoms with Crippen molar-refractivity contribution in [3.8, 4) is 0 Å². The number of hydrogen-bond acceptors (Lipinski definition) is 3. The number of benzene rings is 1. The molecule has 1 nitrogen and oxygen atoms in total. The van der Waals surface area contributed by atoms with Gasteiger partial charge in [0.25, 0.3) is 0 Å². The van der Waals surface area contributed by atoms with E-state index in [9.17, 15) is 4.79 Å². The van der Waals surface area contributed by atoms with Crippen LogP contribution in [0.5, 0.6) is 0 Å². The highest BCUT2D eigenvalue weighted by Crippen LogP contribution is 2.28. The quantitative estimate of drug-likeness (QED) is 0.596. The second-order valence-electron chi connectivity index (χ2n) is 3.57. The van der Waals surface area contributed by atoms with E-state index in [0.29, 0.717) is 0 Å². The Balaban J connectivity index is 2.30. The minimum absolute atomic E-state index is 0.0939. The van der Waals surface area contributed by atoms with Gasteiger partial charge in [-0.3, -0.25) is 4.79 Å². The summed E-state index contributed by atoms with van der Waals surface area (Å²) in [6.07, 6.45) is 2.02. The van der Waals surface area contributed by atoms with Gasteiger partial charge in [-0.1, -0.05) is 0 Å². The first kappa shape index (κ1) is 12.9. The summed E-state index contributed by atoms with van der Waals surface area (Å²) < 4.78 is 1.01. The number of thioether (sulfide) groups is 1. The van der Waals surface area contributed by atoms with Crippen LogP contribution in [-0.2, 0) is 0 Å². The number of carbonyl (C=O) groups excluding carboxylic acids is 1. The lowest BCUT2D eigenvalue weighted by Crippen LogP contribution is -1.97. The van der Waals surface area contributed by atoms with E-state index in [-0.39, 0.29) is 5.78 Å². The summed E-state index contributed by atoms with van der Waals surface area (Å²) in [7, 11) is 0. The molecule has 0 saturated heterocycles. The van der Waals surface area contributed by atoms with Crippen molar-refractivity contribution in [2.75, 3.05) is 6.26 Å². The molecule has 88 valence electrons. The molecule has 0 N–H and O–H groups in total. The van der Waals surface area contributed by atoms with Gasteiger partial charge in [0, 0.05) is 19.8 Å². The maximum absolute atomic E-state index is 12.2. The van der Waals surface area contributed by atoms with Crippen LogP contribution in [0.25, 0.3) is 0 Å². The van der Waals surface area contributed by atoms with Gasteiger partial charge in [0.1, 0.15) is 0 Å². The lowest BCUT2D eigenvalue weighted by atomic mass is 10.1. The topological polar surface area (TPSA) is 17.1 Å². The molecule has 17 heavy (non-hydrogen) atoms. The number of ketones is 1. The first-order valence-corrected chi connectivity index (χ1v) is 7.90. The summed E-state index contributed by atoms with van der Waals surface area (Å²) in [5, 5.41) is 0. The molecule has 1 heterocycles. The minimum Gasteiger partial charge on any atom is -0.288 e. The molecule has 0 fully saturated rings. The van der Waals surface area contributed by atoms with Crippen molar-refractivity contribution in [3.63, 3.8) is 0 Å². The zero-order valence-electron chi connectivity index (χ0n) is 9.49. The van der Waals surface area contributed by atoms with Crippen LogP contribution < -0.4 is 0 Å². The lowest BCUT2D eigenvalue weighted by Gasteiger charge is -1.99. The fourth-order valence-corrected chi connectivity index (χ4v) is 3.36. The number of aryl methyl sites for hydroxylation is 1. The van der Waals surface area contributed by atoms with Crippen LogP contribution >= 0.6 is 39.0 Å². The molecule has 2 rings (SSSR count). The third-order valence-corrected chi connectivity index (χ3v) is 5.31. The molecule has 0 aliphatic rings. The summed E-state index contributed by atoms with van der Waals surface area (Å²) in [6.45, 7) is 2.00. The smallest absolute Gasteiger partial charge is 0.202 e. The summed E-state index contributed by atoms with van der Waals surface area (Å²) >= 11 is 6.64. The van der Waals surface area contributed by atoms with E-state index in [1.54, 1.807) is 11.8 Å². The largest absolute Gasteiger partial charge is 0.288 e. The van der Waals surface area contributed by atoms with Crippen molar-refractivity contribution in [3.05, 3.63) is 50.1 Å².